The van der Waals surface area contributed by atoms with E-state index in [1.165, 1.54) is 16.3 Å². The van der Waals surface area contributed by atoms with Crippen LogP contribution < -0.4 is 0 Å². The van der Waals surface area contributed by atoms with E-state index in [2.05, 4.69) is 66.4 Å². The SMILES string of the molecule is CN1CCN(C)C1c1cccc2ccccc12. The summed E-state index contributed by atoms with van der Waals surface area (Å²) in [7, 11) is 4.41. The van der Waals surface area contributed by atoms with Gasteiger partial charge in [-0.2, -0.15) is 0 Å². The number of fused-ring (bicyclic) bond motifs is 1. The summed E-state index contributed by atoms with van der Waals surface area (Å²) in [5, 5.41) is 2.71. The molecule has 17 heavy (non-hydrogen) atoms. The number of benzene rings is 2. The van der Waals surface area contributed by atoms with Crippen LogP contribution in [0, 0.1) is 0 Å². The molecule has 2 aromatic rings. The van der Waals surface area contributed by atoms with Crippen LogP contribution in [0.25, 0.3) is 10.8 Å². The van der Waals surface area contributed by atoms with Gasteiger partial charge in [0.2, 0.25) is 0 Å². The summed E-state index contributed by atoms with van der Waals surface area (Å²) < 4.78 is 0. The normalized spacial score (nSPS) is 19.2. The molecular weight excluding hydrogens is 208 g/mol. The van der Waals surface area contributed by atoms with Gasteiger partial charge in [-0.25, -0.2) is 0 Å². The van der Waals surface area contributed by atoms with Gasteiger partial charge in [0.25, 0.3) is 0 Å². The van der Waals surface area contributed by atoms with E-state index in [1.807, 2.05) is 0 Å². The molecule has 3 rings (SSSR count). The van der Waals surface area contributed by atoms with Gasteiger partial charge in [0.1, 0.15) is 0 Å². The summed E-state index contributed by atoms with van der Waals surface area (Å²) in [6, 6.07) is 15.3. The standard InChI is InChI=1S/C15H18N2/c1-16-10-11-17(2)15(16)14-9-5-7-12-6-3-4-8-13(12)14/h3-9,15H,10-11H2,1-2H3. The molecule has 1 aliphatic rings. The minimum atomic E-state index is 0.418. The Hall–Kier alpha value is -1.38. The van der Waals surface area contributed by atoms with Crippen LogP contribution in [0.15, 0.2) is 42.5 Å². The zero-order valence-corrected chi connectivity index (χ0v) is 10.4. The Morgan fingerprint density at radius 2 is 1.53 bits per heavy atom. The predicted octanol–water partition coefficient (Wildman–Crippen LogP) is 2.72. The Morgan fingerprint density at radius 3 is 2.29 bits per heavy atom. The van der Waals surface area contributed by atoms with E-state index in [0.29, 0.717) is 6.17 Å². The molecule has 2 aromatic carbocycles. The molecule has 0 aliphatic carbocycles. The number of likely N-dealkylation sites (N-methyl/N-ethyl adjacent to an activating group) is 2. The molecule has 1 heterocycles. The minimum absolute atomic E-state index is 0.418. The van der Waals surface area contributed by atoms with Crippen LogP contribution in [0.4, 0.5) is 0 Å². The largest absolute Gasteiger partial charge is 0.286 e. The van der Waals surface area contributed by atoms with Crippen molar-refractivity contribution in [3.05, 3.63) is 48.0 Å². The van der Waals surface area contributed by atoms with Gasteiger partial charge in [0.15, 0.2) is 0 Å². The van der Waals surface area contributed by atoms with Gasteiger partial charge < -0.3 is 0 Å². The molecule has 0 radical (unpaired) electrons. The Balaban J connectivity index is 2.17. The van der Waals surface area contributed by atoms with Gasteiger partial charge in [0, 0.05) is 13.1 Å². The first-order chi connectivity index (χ1) is 8.27. The first-order valence-electron chi connectivity index (χ1n) is 6.15. The van der Waals surface area contributed by atoms with E-state index >= 15 is 0 Å². The fraction of sp³-hybridized carbons (Fsp3) is 0.333. The van der Waals surface area contributed by atoms with E-state index in [-0.39, 0.29) is 0 Å². The van der Waals surface area contributed by atoms with Crippen molar-refractivity contribution >= 4 is 10.8 Å². The fourth-order valence-corrected chi connectivity index (χ4v) is 2.85. The maximum atomic E-state index is 2.42. The van der Waals surface area contributed by atoms with Gasteiger partial charge in [-0.15, -0.1) is 0 Å². The van der Waals surface area contributed by atoms with Crippen molar-refractivity contribution in [2.45, 2.75) is 6.17 Å². The molecular formula is C15H18N2. The van der Waals surface area contributed by atoms with Crippen molar-refractivity contribution in [2.24, 2.45) is 0 Å². The average molecular weight is 226 g/mol. The van der Waals surface area contributed by atoms with Crippen molar-refractivity contribution in [1.82, 2.24) is 9.80 Å². The summed E-state index contributed by atoms with van der Waals surface area (Å²) >= 11 is 0. The van der Waals surface area contributed by atoms with E-state index in [4.69, 9.17) is 0 Å². The second kappa shape index (κ2) is 4.13. The summed E-state index contributed by atoms with van der Waals surface area (Å²) in [5.41, 5.74) is 1.42. The molecule has 0 unspecified atom stereocenters. The molecule has 2 heteroatoms. The summed E-state index contributed by atoms with van der Waals surface area (Å²) in [4.78, 5) is 4.84. The van der Waals surface area contributed by atoms with Crippen molar-refractivity contribution in [3.8, 4) is 0 Å². The number of hydrogen-bond donors (Lipinski definition) is 0. The Bertz CT molecular complexity index is 520. The quantitative estimate of drug-likeness (QED) is 0.737. The van der Waals surface area contributed by atoms with Crippen LogP contribution in [-0.4, -0.2) is 37.0 Å². The number of hydrogen-bond acceptors (Lipinski definition) is 2. The molecule has 0 N–H and O–H groups in total. The molecule has 2 nitrogen and oxygen atoms in total. The molecule has 0 amide bonds. The third-order valence-corrected chi connectivity index (χ3v) is 3.74. The highest BCUT2D eigenvalue weighted by molar-refractivity contribution is 5.86. The first-order valence-corrected chi connectivity index (χ1v) is 6.15. The Kier molecular flexibility index (Phi) is 2.61. The van der Waals surface area contributed by atoms with Crippen molar-refractivity contribution < 1.29 is 0 Å². The van der Waals surface area contributed by atoms with E-state index in [9.17, 15) is 0 Å². The van der Waals surface area contributed by atoms with Crippen molar-refractivity contribution in [2.75, 3.05) is 27.2 Å². The van der Waals surface area contributed by atoms with Gasteiger partial charge in [0.05, 0.1) is 6.17 Å². The van der Waals surface area contributed by atoms with Gasteiger partial charge >= 0.3 is 0 Å². The van der Waals surface area contributed by atoms with Crippen LogP contribution >= 0.6 is 0 Å². The lowest BCUT2D eigenvalue weighted by atomic mass is 10.0. The van der Waals surface area contributed by atoms with Gasteiger partial charge in [-0.1, -0.05) is 42.5 Å². The number of rotatable bonds is 1. The topological polar surface area (TPSA) is 6.48 Å². The lowest BCUT2D eigenvalue weighted by Gasteiger charge is -2.26. The number of nitrogens with zero attached hydrogens (tertiary/aromatic N) is 2. The zero-order valence-electron chi connectivity index (χ0n) is 10.4. The van der Waals surface area contributed by atoms with E-state index in [0.717, 1.165) is 13.1 Å². The lowest BCUT2D eigenvalue weighted by molar-refractivity contribution is 0.192. The summed E-state index contributed by atoms with van der Waals surface area (Å²) in [6.45, 7) is 2.29. The highest BCUT2D eigenvalue weighted by atomic mass is 15.4. The Morgan fingerprint density at radius 1 is 0.882 bits per heavy atom. The molecule has 0 atom stereocenters. The second-order valence-electron chi connectivity index (χ2n) is 4.90. The van der Waals surface area contributed by atoms with Gasteiger partial charge in [-0.05, 0) is 30.4 Å². The van der Waals surface area contributed by atoms with Crippen LogP contribution in [0.5, 0.6) is 0 Å². The summed E-state index contributed by atoms with van der Waals surface area (Å²) in [5.74, 6) is 0. The molecule has 1 aliphatic heterocycles. The van der Waals surface area contributed by atoms with Crippen LogP contribution in [0.1, 0.15) is 11.7 Å². The summed E-state index contributed by atoms with van der Waals surface area (Å²) in [6.07, 6.45) is 0.418. The predicted molar refractivity (Wildman–Crippen MR) is 71.9 cm³/mol. The fourth-order valence-electron chi connectivity index (χ4n) is 2.85. The first kappa shape index (κ1) is 10.8. The maximum absolute atomic E-state index is 2.42. The van der Waals surface area contributed by atoms with Crippen LogP contribution in [-0.2, 0) is 0 Å². The average Bonchev–Trinajstić information content (AvgIpc) is 2.69. The minimum Gasteiger partial charge on any atom is -0.286 e. The molecule has 1 fully saturated rings. The molecule has 0 saturated carbocycles. The van der Waals surface area contributed by atoms with Crippen molar-refractivity contribution in [1.29, 1.82) is 0 Å². The van der Waals surface area contributed by atoms with Crippen molar-refractivity contribution in [3.63, 3.8) is 0 Å². The molecule has 0 spiro atoms. The van der Waals surface area contributed by atoms with E-state index in [1.54, 1.807) is 0 Å². The zero-order chi connectivity index (χ0) is 11.8. The maximum Gasteiger partial charge on any atom is 0.0888 e. The monoisotopic (exact) mass is 226 g/mol. The molecule has 1 saturated heterocycles. The second-order valence-corrected chi connectivity index (χ2v) is 4.90. The third-order valence-electron chi connectivity index (χ3n) is 3.74. The van der Waals surface area contributed by atoms with Gasteiger partial charge in [-0.3, -0.25) is 9.80 Å². The van der Waals surface area contributed by atoms with E-state index < -0.39 is 0 Å². The Labute approximate surface area is 102 Å². The lowest BCUT2D eigenvalue weighted by Crippen LogP contribution is -2.25. The van der Waals surface area contributed by atoms with Crippen LogP contribution in [0.3, 0.4) is 0 Å². The highest BCUT2D eigenvalue weighted by Gasteiger charge is 2.28. The smallest absolute Gasteiger partial charge is 0.0888 e. The molecule has 0 bridgehead atoms. The van der Waals surface area contributed by atoms with Crippen LogP contribution in [0.2, 0.25) is 0 Å². The molecule has 0 aromatic heterocycles. The third kappa shape index (κ3) is 1.74. The highest BCUT2D eigenvalue weighted by Crippen LogP contribution is 2.32. The molecule has 88 valence electrons.